The number of pyridine rings is 1. The van der Waals surface area contributed by atoms with E-state index < -0.39 is 0 Å². The monoisotopic (exact) mass is 486 g/mol. The SMILES string of the molecule is O=C(CCN1CCCCC1)N1CC=C(c2cc3c(Nc4ccc5ncsc5c4)ccnc3[nH]2)CC1. The average molecular weight is 487 g/mol. The van der Waals surface area contributed by atoms with Crippen molar-refractivity contribution in [3.05, 3.63) is 53.8 Å². The number of nitrogens with zero attached hydrogens (tertiary/aromatic N) is 4. The number of likely N-dealkylation sites (tertiary alicyclic amines) is 1. The maximum Gasteiger partial charge on any atom is 0.224 e. The maximum atomic E-state index is 12.7. The van der Waals surface area contributed by atoms with Crippen LogP contribution in [0.1, 0.15) is 37.8 Å². The number of aromatic amines is 1. The molecule has 7 nitrogen and oxygen atoms in total. The third kappa shape index (κ3) is 4.81. The molecular weight excluding hydrogens is 456 g/mol. The molecule has 0 spiro atoms. The second-order valence-electron chi connectivity index (χ2n) is 9.44. The van der Waals surface area contributed by atoms with Crippen LogP contribution in [0.5, 0.6) is 0 Å². The molecule has 5 heterocycles. The highest BCUT2D eigenvalue weighted by molar-refractivity contribution is 7.16. The number of hydrogen-bond donors (Lipinski definition) is 2. The molecule has 2 aliphatic heterocycles. The minimum absolute atomic E-state index is 0.272. The number of rotatable bonds is 6. The zero-order valence-electron chi connectivity index (χ0n) is 19.8. The van der Waals surface area contributed by atoms with Crippen LogP contribution in [0, 0.1) is 0 Å². The largest absolute Gasteiger partial charge is 0.355 e. The summed E-state index contributed by atoms with van der Waals surface area (Å²) in [6, 6.07) is 10.4. The molecule has 0 unspecified atom stereocenters. The molecule has 0 aliphatic carbocycles. The Morgan fingerprint density at radius 2 is 2.00 bits per heavy atom. The Bertz CT molecular complexity index is 1380. The Labute approximate surface area is 208 Å². The minimum atomic E-state index is 0.272. The van der Waals surface area contributed by atoms with Gasteiger partial charge in [0.1, 0.15) is 5.65 Å². The summed E-state index contributed by atoms with van der Waals surface area (Å²) in [5.74, 6) is 0.272. The van der Waals surface area contributed by atoms with Crippen molar-refractivity contribution in [2.75, 3.05) is 38.0 Å². The predicted octanol–water partition coefficient (Wildman–Crippen LogP) is 5.41. The Morgan fingerprint density at radius 3 is 2.86 bits per heavy atom. The molecule has 4 aromatic rings. The molecule has 1 fully saturated rings. The third-order valence-corrected chi connectivity index (χ3v) is 7.93. The number of nitrogens with one attached hydrogen (secondary N) is 2. The van der Waals surface area contributed by atoms with E-state index in [0.717, 1.165) is 70.9 Å². The van der Waals surface area contributed by atoms with E-state index in [1.807, 2.05) is 28.7 Å². The van der Waals surface area contributed by atoms with Crippen LogP contribution in [0.4, 0.5) is 11.4 Å². The van der Waals surface area contributed by atoms with Gasteiger partial charge in [0.25, 0.3) is 0 Å². The van der Waals surface area contributed by atoms with E-state index in [0.29, 0.717) is 13.0 Å². The van der Waals surface area contributed by atoms with Crippen molar-refractivity contribution in [3.63, 3.8) is 0 Å². The van der Waals surface area contributed by atoms with E-state index in [1.165, 1.54) is 24.8 Å². The molecule has 8 heteroatoms. The first-order chi connectivity index (χ1) is 17.2. The van der Waals surface area contributed by atoms with Crippen LogP contribution in [0.15, 0.2) is 48.1 Å². The number of carbonyl (C=O) groups excluding carboxylic acids is 1. The summed E-state index contributed by atoms with van der Waals surface area (Å²) in [4.78, 5) is 29.6. The lowest BCUT2D eigenvalue weighted by molar-refractivity contribution is -0.131. The molecule has 3 aromatic heterocycles. The number of hydrogen-bond acceptors (Lipinski definition) is 6. The molecule has 6 rings (SSSR count). The quantitative estimate of drug-likeness (QED) is 0.381. The zero-order chi connectivity index (χ0) is 23.6. The molecule has 0 atom stereocenters. The predicted molar refractivity (Wildman–Crippen MR) is 143 cm³/mol. The van der Waals surface area contributed by atoms with E-state index in [1.54, 1.807) is 11.3 Å². The maximum absolute atomic E-state index is 12.7. The molecule has 2 N–H and O–H groups in total. The number of aromatic nitrogens is 3. The normalized spacial score (nSPS) is 17.1. The summed E-state index contributed by atoms with van der Waals surface area (Å²) in [6.45, 7) is 4.63. The van der Waals surface area contributed by atoms with Crippen LogP contribution in [0.3, 0.4) is 0 Å². The highest BCUT2D eigenvalue weighted by Gasteiger charge is 2.20. The van der Waals surface area contributed by atoms with Gasteiger partial charge >= 0.3 is 0 Å². The topological polar surface area (TPSA) is 77.2 Å². The fourth-order valence-corrected chi connectivity index (χ4v) is 5.85. The number of fused-ring (bicyclic) bond motifs is 2. The molecule has 1 amide bonds. The number of benzene rings is 1. The number of amides is 1. The number of piperidine rings is 1. The van der Waals surface area contributed by atoms with Gasteiger partial charge in [-0.05, 0) is 68.3 Å². The molecule has 0 radical (unpaired) electrons. The van der Waals surface area contributed by atoms with Gasteiger partial charge in [0.2, 0.25) is 5.91 Å². The van der Waals surface area contributed by atoms with Gasteiger partial charge in [-0.25, -0.2) is 9.97 Å². The van der Waals surface area contributed by atoms with Crippen molar-refractivity contribution in [1.29, 1.82) is 0 Å². The Balaban J connectivity index is 1.14. The average Bonchev–Trinajstić information content (AvgIpc) is 3.55. The van der Waals surface area contributed by atoms with Crippen molar-refractivity contribution < 1.29 is 4.79 Å². The highest BCUT2D eigenvalue weighted by atomic mass is 32.1. The van der Waals surface area contributed by atoms with E-state index in [2.05, 4.69) is 49.4 Å². The fraction of sp³-hybridized carbons (Fsp3) is 0.370. The standard InChI is InChI=1S/C27H30N6OS/c34-26(9-13-32-11-2-1-3-12-32)33-14-7-19(8-15-33)24-17-21-22(6-10-28-27(21)31-24)30-20-4-5-23-25(16-20)35-18-29-23/h4-7,10,16-18H,1-3,8-9,11-15H2,(H2,28,30,31). The summed E-state index contributed by atoms with van der Waals surface area (Å²) < 4.78 is 1.16. The molecule has 0 saturated carbocycles. The number of thiazole rings is 1. The van der Waals surface area contributed by atoms with Gasteiger partial charge in [0.05, 0.1) is 21.4 Å². The first-order valence-corrected chi connectivity index (χ1v) is 13.4. The summed E-state index contributed by atoms with van der Waals surface area (Å²) >= 11 is 1.64. The first kappa shape index (κ1) is 22.2. The molecule has 2 aliphatic rings. The smallest absolute Gasteiger partial charge is 0.224 e. The lowest BCUT2D eigenvalue weighted by Crippen LogP contribution is -2.38. The van der Waals surface area contributed by atoms with Crippen molar-refractivity contribution in [3.8, 4) is 0 Å². The molecule has 1 saturated heterocycles. The Kier molecular flexibility index (Phi) is 6.22. The van der Waals surface area contributed by atoms with Gasteiger partial charge in [0, 0.05) is 49.0 Å². The van der Waals surface area contributed by atoms with E-state index in [9.17, 15) is 4.79 Å². The summed E-state index contributed by atoms with van der Waals surface area (Å²) in [7, 11) is 0. The van der Waals surface area contributed by atoms with Crippen LogP contribution >= 0.6 is 11.3 Å². The molecule has 35 heavy (non-hydrogen) atoms. The number of anilines is 2. The van der Waals surface area contributed by atoms with Crippen LogP contribution in [0.2, 0.25) is 0 Å². The van der Waals surface area contributed by atoms with Gasteiger partial charge in [-0.2, -0.15) is 0 Å². The summed E-state index contributed by atoms with van der Waals surface area (Å²) in [5, 5.41) is 4.61. The van der Waals surface area contributed by atoms with Crippen LogP contribution in [-0.2, 0) is 4.79 Å². The molecule has 180 valence electrons. The zero-order valence-corrected chi connectivity index (χ0v) is 20.6. The van der Waals surface area contributed by atoms with E-state index in [-0.39, 0.29) is 5.91 Å². The Hall–Kier alpha value is -3.23. The minimum Gasteiger partial charge on any atom is -0.355 e. The van der Waals surface area contributed by atoms with E-state index in [4.69, 9.17) is 0 Å². The first-order valence-electron chi connectivity index (χ1n) is 12.5. The Morgan fingerprint density at radius 1 is 1.09 bits per heavy atom. The molecule has 0 bridgehead atoms. The number of carbonyl (C=O) groups is 1. The lowest BCUT2D eigenvalue weighted by atomic mass is 10.0. The van der Waals surface area contributed by atoms with Crippen molar-refractivity contribution in [2.24, 2.45) is 0 Å². The summed E-state index contributed by atoms with van der Waals surface area (Å²) in [5.41, 5.74) is 8.15. The van der Waals surface area contributed by atoms with Gasteiger partial charge in [0.15, 0.2) is 0 Å². The number of H-pyrrole nitrogens is 1. The van der Waals surface area contributed by atoms with Gasteiger partial charge in [-0.1, -0.05) is 12.5 Å². The van der Waals surface area contributed by atoms with Crippen molar-refractivity contribution in [2.45, 2.75) is 32.1 Å². The van der Waals surface area contributed by atoms with Gasteiger partial charge in [-0.15, -0.1) is 11.3 Å². The van der Waals surface area contributed by atoms with Gasteiger partial charge in [-0.3, -0.25) is 4.79 Å². The lowest BCUT2D eigenvalue weighted by Gasteiger charge is -2.29. The van der Waals surface area contributed by atoms with Crippen molar-refractivity contribution >= 4 is 55.4 Å². The second kappa shape index (κ2) is 9.79. The fourth-order valence-electron chi connectivity index (χ4n) is 5.13. The van der Waals surface area contributed by atoms with Crippen LogP contribution in [-0.4, -0.2) is 63.4 Å². The van der Waals surface area contributed by atoms with Crippen molar-refractivity contribution in [1.82, 2.24) is 24.8 Å². The second-order valence-corrected chi connectivity index (χ2v) is 10.3. The van der Waals surface area contributed by atoms with Crippen LogP contribution in [0.25, 0.3) is 26.8 Å². The molecule has 1 aromatic carbocycles. The highest BCUT2D eigenvalue weighted by Crippen LogP contribution is 2.31. The molecular formula is C27H30N6OS. The third-order valence-electron chi connectivity index (χ3n) is 7.14. The van der Waals surface area contributed by atoms with Gasteiger partial charge < -0.3 is 20.1 Å². The van der Waals surface area contributed by atoms with E-state index >= 15 is 0 Å². The summed E-state index contributed by atoms with van der Waals surface area (Å²) in [6.07, 6.45) is 9.36. The van der Waals surface area contributed by atoms with Crippen LogP contribution < -0.4 is 5.32 Å².